The van der Waals surface area contributed by atoms with Gasteiger partial charge in [0, 0.05) is 24.7 Å². The van der Waals surface area contributed by atoms with E-state index in [0.717, 1.165) is 34.4 Å². The SMILES string of the molecule is Cc1ccc(S(=O)(=O)N2CCC3=Cc4c(cnn4-c4ccc(F)cc4)C[C@@]3(c3cccnc3C=O)C2)cc1. The lowest BCUT2D eigenvalue weighted by molar-refractivity contribution is 0.111. The van der Waals surface area contributed by atoms with Crippen LogP contribution in [0.2, 0.25) is 0 Å². The number of benzene rings is 2. The number of pyridine rings is 1. The van der Waals surface area contributed by atoms with Crippen LogP contribution in [0, 0.1) is 12.7 Å². The van der Waals surface area contributed by atoms with Crippen molar-refractivity contribution < 1.29 is 17.6 Å². The first kappa shape index (κ1) is 24.4. The van der Waals surface area contributed by atoms with E-state index in [-0.39, 0.29) is 17.3 Å². The molecule has 1 aliphatic heterocycles. The van der Waals surface area contributed by atoms with E-state index in [1.165, 1.54) is 16.4 Å². The zero-order valence-electron chi connectivity index (χ0n) is 20.7. The van der Waals surface area contributed by atoms with Gasteiger partial charge in [-0.05, 0) is 79.4 Å². The van der Waals surface area contributed by atoms with Crippen molar-refractivity contribution in [3.05, 3.63) is 113 Å². The minimum atomic E-state index is -3.77. The number of aromatic nitrogens is 3. The van der Waals surface area contributed by atoms with Crippen LogP contribution < -0.4 is 0 Å². The van der Waals surface area contributed by atoms with Crippen LogP contribution in [0.15, 0.2) is 83.5 Å². The number of halogens is 1. The average Bonchev–Trinajstić information content (AvgIpc) is 3.34. The fourth-order valence-corrected chi connectivity index (χ4v) is 7.14. The van der Waals surface area contributed by atoms with Gasteiger partial charge in [0.25, 0.3) is 0 Å². The first-order chi connectivity index (χ1) is 18.3. The lowest BCUT2D eigenvalue weighted by Gasteiger charge is -2.46. The van der Waals surface area contributed by atoms with E-state index in [2.05, 4.69) is 10.1 Å². The molecule has 1 aliphatic carbocycles. The van der Waals surface area contributed by atoms with Gasteiger partial charge in [-0.1, -0.05) is 29.3 Å². The highest BCUT2D eigenvalue weighted by molar-refractivity contribution is 7.89. The van der Waals surface area contributed by atoms with Gasteiger partial charge in [0.2, 0.25) is 10.0 Å². The number of piperidine rings is 1. The molecule has 0 spiro atoms. The van der Waals surface area contributed by atoms with Gasteiger partial charge in [0.15, 0.2) is 6.29 Å². The third kappa shape index (κ3) is 3.90. The molecule has 1 saturated heterocycles. The number of aryl methyl sites for hydroxylation is 1. The summed E-state index contributed by atoms with van der Waals surface area (Å²) in [4.78, 5) is 16.6. The summed E-state index contributed by atoms with van der Waals surface area (Å²) in [7, 11) is -3.77. The maximum Gasteiger partial charge on any atom is 0.243 e. The highest BCUT2D eigenvalue weighted by atomic mass is 32.2. The van der Waals surface area contributed by atoms with E-state index in [1.54, 1.807) is 59.5 Å². The maximum absolute atomic E-state index is 13.7. The minimum Gasteiger partial charge on any atom is -0.296 e. The fraction of sp³-hybridized carbons (Fsp3) is 0.207. The summed E-state index contributed by atoms with van der Waals surface area (Å²) in [5.41, 5.74) is 4.71. The number of sulfonamides is 1. The lowest BCUT2D eigenvalue weighted by Crippen LogP contribution is -2.52. The molecule has 9 heteroatoms. The molecule has 0 N–H and O–H groups in total. The van der Waals surface area contributed by atoms with Crippen LogP contribution in [-0.4, -0.2) is 46.9 Å². The van der Waals surface area contributed by atoms with Gasteiger partial charge in [-0.25, -0.2) is 17.5 Å². The second kappa shape index (κ2) is 9.11. The Balaban J connectivity index is 1.48. The third-order valence-electron chi connectivity index (χ3n) is 7.58. The highest BCUT2D eigenvalue weighted by Gasteiger charge is 2.48. The van der Waals surface area contributed by atoms with Crippen LogP contribution in [0.25, 0.3) is 11.8 Å². The molecule has 0 saturated carbocycles. The molecule has 4 aromatic rings. The molecule has 3 heterocycles. The molecule has 1 atom stereocenters. The molecule has 38 heavy (non-hydrogen) atoms. The molecular weight excluding hydrogens is 503 g/mol. The summed E-state index contributed by atoms with van der Waals surface area (Å²) < 4.78 is 44.3. The normalized spacial score (nSPS) is 19.4. The quantitative estimate of drug-likeness (QED) is 0.356. The predicted octanol–water partition coefficient (Wildman–Crippen LogP) is 4.50. The van der Waals surface area contributed by atoms with Crippen molar-refractivity contribution in [2.45, 2.75) is 30.1 Å². The van der Waals surface area contributed by atoms with Gasteiger partial charge in [0.05, 0.1) is 22.5 Å². The standard InChI is InChI=1S/C29H25FN4O3S/c1-20-4-10-25(11-5-20)38(36,37)33-14-12-22-15-28-21(17-32-34(28)24-8-6-23(30)7-9-24)16-29(22,19-33)26-3-2-13-31-27(26)18-35/h2-11,13,15,17-18H,12,14,16,19H2,1H3/t29-/m1/s1. The van der Waals surface area contributed by atoms with Crippen LogP contribution in [0.3, 0.4) is 0 Å². The summed E-state index contributed by atoms with van der Waals surface area (Å²) in [5.74, 6) is -0.327. The van der Waals surface area contributed by atoms with Crippen LogP contribution >= 0.6 is 0 Å². The smallest absolute Gasteiger partial charge is 0.243 e. The predicted molar refractivity (Wildman–Crippen MR) is 141 cm³/mol. The van der Waals surface area contributed by atoms with Crippen molar-refractivity contribution in [2.24, 2.45) is 0 Å². The van der Waals surface area contributed by atoms with Gasteiger partial charge in [-0.15, -0.1) is 0 Å². The topological polar surface area (TPSA) is 85.2 Å². The number of nitrogens with zero attached hydrogens (tertiary/aromatic N) is 4. The van der Waals surface area contributed by atoms with Crippen molar-refractivity contribution in [2.75, 3.05) is 13.1 Å². The minimum absolute atomic E-state index is 0.169. The molecule has 7 nitrogen and oxygen atoms in total. The van der Waals surface area contributed by atoms with Crippen molar-refractivity contribution in [3.8, 4) is 5.69 Å². The van der Waals surface area contributed by atoms with Crippen LogP contribution in [0.1, 0.15) is 39.3 Å². The highest BCUT2D eigenvalue weighted by Crippen LogP contribution is 2.47. The molecule has 2 aliphatic rings. The molecule has 2 aromatic heterocycles. The Morgan fingerprint density at radius 2 is 1.82 bits per heavy atom. The maximum atomic E-state index is 13.7. The zero-order valence-corrected chi connectivity index (χ0v) is 21.5. The van der Waals surface area contributed by atoms with Crippen molar-refractivity contribution >= 4 is 22.4 Å². The Morgan fingerprint density at radius 1 is 1.05 bits per heavy atom. The van der Waals surface area contributed by atoms with Gasteiger partial charge >= 0.3 is 0 Å². The van der Waals surface area contributed by atoms with Crippen LogP contribution in [-0.2, 0) is 21.9 Å². The monoisotopic (exact) mass is 528 g/mol. The first-order valence-corrected chi connectivity index (χ1v) is 13.8. The molecular formula is C29H25FN4O3S. The molecule has 0 radical (unpaired) electrons. The Hall–Kier alpha value is -3.95. The van der Waals surface area contributed by atoms with E-state index in [0.29, 0.717) is 30.6 Å². The number of hydrogen-bond donors (Lipinski definition) is 0. The Bertz CT molecular complexity index is 1680. The Kier molecular flexibility index (Phi) is 5.85. The van der Waals surface area contributed by atoms with Gasteiger partial charge in [-0.3, -0.25) is 9.78 Å². The van der Waals surface area contributed by atoms with E-state index < -0.39 is 15.4 Å². The second-order valence-corrected chi connectivity index (χ2v) is 11.8. The number of fused-ring (bicyclic) bond motifs is 2. The zero-order chi connectivity index (χ0) is 26.5. The van der Waals surface area contributed by atoms with Gasteiger partial charge in [-0.2, -0.15) is 9.40 Å². The molecule has 0 amide bonds. The van der Waals surface area contributed by atoms with Gasteiger partial charge in [0.1, 0.15) is 11.5 Å². The van der Waals surface area contributed by atoms with E-state index >= 15 is 0 Å². The van der Waals surface area contributed by atoms with Gasteiger partial charge < -0.3 is 0 Å². The van der Waals surface area contributed by atoms with Crippen molar-refractivity contribution in [1.29, 1.82) is 0 Å². The third-order valence-corrected chi connectivity index (χ3v) is 9.44. The summed E-state index contributed by atoms with van der Waals surface area (Å²) in [6, 6.07) is 16.6. The number of aldehydes is 1. The van der Waals surface area contributed by atoms with E-state index in [4.69, 9.17) is 0 Å². The number of carbonyl (C=O) groups excluding carboxylic acids is 1. The largest absolute Gasteiger partial charge is 0.296 e. The summed E-state index contributed by atoms with van der Waals surface area (Å²) in [5, 5.41) is 4.58. The molecule has 0 bridgehead atoms. The Morgan fingerprint density at radius 3 is 2.55 bits per heavy atom. The molecule has 0 unspecified atom stereocenters. The Labute approximate surface area is 220 Å². The molecule has 192 valence electrons. The first-order valence-electron chi connectivity index (χ1n) is 12.3. The summed E-state index contributed by atoms with van der Waals surface area (Å²) in [6.45, 7) is 2.39. The molecule has 2 aromatic carbocycles. The number of carbonyl (C=O) groups is 1. The molecule has 6 rings (SSSR count). The van der Waals surface area contributed by atoms with Crippen molar-refractivity contribution in [1.82, 2.24) is 19.1 Å². The summed E-state index contributed by atoms with van der Waals surface area (Å²) in [6.07, 6.45) is 7.03. The van der Waals surface area contributed by atoms with E-state index in [1.807, 2.05) is 19.1 Å². The second-order valence-electron chi connectivity index (χ2n) is 9.83. The number of hydrogen-bond acceptors (Lipinski definition) is 5. The van der Waals surface area contributed by atoms with Crippen LogP contribution in [0.4, 0.5) is 4.39 Å². The number of rotatable bonds is 5. The van der Waals surface area contributed by atoms with E-state index in [9.17, 15) is 17.6 Å². The summed E-state index contributed by atoms with van der Waals surface area (Å²) >= 11 is 0. The molecule has 1 fully saturated rings. The van der Waals surface area contributed by atoms with Crippen LogP contribution in [0.5, 0.6) is 0 Å². The fourth-order valence-electron chi connectivity index (χ4n) is 5.64. The lowest BCUT2D eigenvalue weighted by atomic mass is 9.64. The van der Waals surface area contributed by atoms with Crippen molar-refractivity contribution in [3.63, 3.8) is 0 Å². The average molecular weight is 529 g/mol.